The van der Waals surface area contributed by atoms with Crippen molar-refractivity contribution in [1.82, 2.24) is 10.3 Å². The topological polar surface area (TPSA) is 92.4 Å². The van der Waals surface area contributed by atoms with E-state index in [4.69, 9.17) is 21.1 Å². The highest BCUT2D eigenvalue weighted by Crippen LogP contribution is 2.16. The first-order valence-electron chi connectivity index (χ1n) is 5.27. The summed E-state index contributed by atoms with van der Waals surface area (Å²) in [4.78, 5) is 26.2. The largest absolute Gasteiger partial charge is 0.476 e. The summed E-state index contributed by atoms with van der Waals surface area (Å²) in [6.45, 7) is 0.340. The Morgan fingerprint density at radius 3 is 2.89 bits per heavy atom. The van der Waals surface area contributed by atoms with E-state index in [0.29, 0.717) is 18.0 Å². The molecule has 2 rings (SSSR count). The van der Waals surface area contributed by atoms with Crippen molar-refractivity contribution in [3.8, 4) is 0 Å². The van der Waals surface area contributed by atoms with Gasteiger partial charge in [0.25, 0.3) is 5.91 Å². The molecule has 0 bridgehead atoms. The first kappa shape index (κ1) is 13.6. The second kappa shape index (κ2) is 5.85. The van der Waals surface area contributed by atoms with E-state index in [2.05, 4.69) is 10.3 Å². The summed E-state index contributed by atoms with van der Waals surface area (Å²) in [7, 11) is 0. The van der Waals surface area contributed by atoms with E-state index in [0.717, 1.165) is 0 Å². The number of carbonyl (C=O) groups is 2. The van der Waals surface area contributed by atoms with Gasteiger partial charge in [-0.25, -0.2) is 9.78 Å². The summed E-state index contributed by atoms with van der Waals surface area (Å²) in [5.41, 5.74) is 0.288. The third kappa shape index (κ3) is 3.33. The van der Waals surface area contributed by atoms with Crippen molar-refractivity contribution in [2.45, 2.75) is 6.42 Å². The number of rotatable bonds is 5. The van der Waals surface area contributed by atoms with Crippen molar-refractivity contribution in [3.63, 3.8) is 0 Å². The first-order valence-corrected chi connectivity index (χ1v) is 6.52. The van der Waals surface area contributed by atoms with Gasteiger partial charge in [-0.05, 0) is 17.7 Å². The third-order valence-electron chi connectivity index (χ3n) is 2.26. The van der Waals surface area contributed by atoms with Crippen molar-refractivity contribution in [2.24, 2.45) is 0 Å². The average molecular weight is 301 g/mol. The highest BCUT2D eigenvalue weighted by molar-refractivity contribution is 7.09. The number of hydrogen-bond donors (Lipinski definition) is 2. The van der Waals surface area contributed by atoms with Crippen LogP contribution in [0.2, 0.25) is 5.22 Å². The lowest BCUT2D eigenvalue weighted by molar-refractivity contribution is 0.0690. The summed E-state index contributed by atoms with van der Waals surface area (Å²) in [6, 6.07) is 1.48. The Labute approximate surface area is 117 Å². The number of furan rings is 1. The van der Waals surface area contributed by atoms with E-state index < -0.39 is 5.97 Å². The van der Waals surface area contributed by atoms with Crippen LogP contribution in [-0.2, 0) is 6.42 Å². The van der Waals surface area contributed by atoms with Crippen LogP contribution in [0.15, 0.2) is 22.1 Å². The average Bonchev–Trinajstić information content (AvgIpc) is 2.97. The number of thiazole rings is 1. The van der Waals surface area contributed by atoms with Gasteiger partial charge in [-0.3, -0.25) is 4.79 Å². The number of halogens is 1. The van der Waals surface area contributed by atoms with Crippen LogP contribution in [0.1, 0.15) is 25.9 Å². The Kier molecular flexibility index (Phi) is 4.18. The van der Waals surface area contributed by atoms with Gasteiger partial charge in [0.2, 0.25) is 5.22 Å². The molecule has 2 aromatic heterocycles. The van der Waals surface area contributed by atoms with Gasteiger partial charge in [-0.15, -0.1) is 11.3 Å². The van der Waals surface area contributed by atoms with Crippen LogP contribution in [0.4, 0.5) is 0 Å². The monoisotopic (exact) mass is 300 g/mol. The van der Waals surface area contributed by atoms with Crippen LogP contribution in [0, 0.1) is 0 Å². The zero-order valence-electron chi connectivity index (χ0n) is 9.55. The number of amides is 1. The van der Waals surface area contributed by atoms with Crippen molar-refractivity contribution in [1.29, 1.82) is 0 Å². The fourth-order valence-corrected chi connectivity index (χ4v) is 2.33. The summed E-state index contributed by atoms with van der Waals surface area (Å²) in [6.07, 6.45) is 1.79. The lowest BCUT2D eigenvalue weighted by atomic mass is 10.3. The zero-order chi connectivity index (χ0) is 13.8. The molecule has 2 heterocycles. The highest BCUT2D eigenvalue weighted by Gasteiger charge is 2.13. The summed E-state index contributed by atoms with van der Waals surface area (Å²) >= 11 is 6.91. The van der Waals surface area contributed by atoms with E-state index >= 15 is 0 Å². The Morgan fingerprint density at radius 2 is 2.32 bits per heavy atom. The van der Waals surface area contributed by atoms with Crippen LogP contribution in [-0.4, -0.2) is 28.5 Å². The van der Waals surface area contributed by atoms with Crippen molar-refractivity contribution in [2.75, 3.05) is 6.54 Å². The lowest BCUT2D eigenvalue weighted by Gasteiger charge is -2.01. The Morgan fingerprint density at radius 1 is 1.53 bits per heavy atom. The Hall–Kier alpha value is -1.86. The predicted octanol–water partition coefficient (Wildman–Crippen LogP) is 2.06. The van der Waals surface area contributed by atoms with Gasteiger partial charge < -0.3 is 14.8 Å². The molecule has 100 valence electrons. The number of nitrogens with zero attached hydrogens (tertiary/aromatic N) is 1. The molecule has 0 fully saturated rings. The summed E-state index contributed by atoms with van der Waals surface area (Å²) in [5.74, 6) is -1.40. The van der Waals surface area contributed by atoms with E-state index in [1.807, 2.05) is 0 Å². The maximum Gasteiger partial charge on any atom is 0.355 e. The van der Waals surface area contributed by atoms with Gasteiger partial charge in [0.15, 0.2) is 5.69 Å². The molecule has 0 unspecified atom stereocenters. The first-order chi connectivity index (χ1) is 9.08. The van der Waals surface area contributed by atoms with Gasteiger partial charge in [-0.1, -0.05) is 0 Å². The fourth-order valence-electron chi connectivity index (χ4n) is 1.36. The molecule has 0 radical (unpaired) electrons. The van der Waals surface area contributed by atoms with Crippen molar-refractivity contribution in [3.05, 3.63) is 39.2 Å². The Balaban J connectivity index is 1.85. The van der Waals surface area contributed by atoms with Gasteiger partial charge in [0, 0.05) is 18.3 Å². The Bertz CT molecular complexity index is 607. The minimum absolute atomic E-state index is 0.0178. The number of carboxylic acids is 1. The van der Waals surface area contributed by atoms with Crippen molar-refractivity contribution < 1.29 is 19.1 Å². The predicted molar refractivity (Wildman–Crippen MR) is 68.8 cm³/mol. The molecular formula is C11H9ClN2O4S. The maximum atomic E-state index is 11.7. The molecule has 0 aliphatic heterocycles. The van der Waals surface area contributed by atoms with Gasteiger partial charge in [-0.2, -0.15) is 0 Å². The number of carbonyl (C=O) groups excluding carboxylic acids is 1. The highest BCUT2D eigenvalue weighted by atomic mass is 35.5. The summed E-state index contributed by atoms with van der Waals surface area (Å²) < 4.78 is 4.81. The molecule has 8 heteroatoms. The number of aromatic carboxylic acids is 1. The van der Waals surface area contributed by atoms with Crippen LogP contribution >= 0.6 is 22.9 Å². The minimum Gasteiger partial charge on any atom is -0.476 e. The molecule has 0 aliphatic carbocycles. The standard InChI is InChI=1S/C11H9ClN2O4S/c12-9-6(2-4-18-9)10(15)13-3-1-8-14-7(5-19-8)11(16)17/h2,4-5H,1,3H2,(H,13,15)(H,16,17). The molecule has 19 heavy (non-hydrogen) atoms. The quantitative estimate of drug-likeness (QED) is 0.881. The van der Waals surface area contributed by atoms with E-state index in [-0.39, 0.29) is 22.4 Å². The molecule has 0 saturated carbocycles. The number of hydrogen-bond acceptors (Lipinski definition) is 5. The molecule has 0 aliphatic rings. The van der Waals surface area contributed by atoms with Crippen LogP contribution < -0.4 is 5.32 Å². The molecule has 0 spiro atoms. The zero-order valence-corrected chi connectivity index (χ0v) is 11.1. The smallest absolute Gasteiger partial charge is 0.355 e. The van der Waals surface area contributed by atoms with Gasteiger partial charge in [0.05, 0.1) is 16.8 Å². The summed E-state index contributed by atoms with van der Waals surface area (Å²) in [5, 5.41) is 13.5. The molecule has 2 N–H and O–H groups in total. The van der Waals surface area contributed by atoms with E-state index in [9.17, 15) is 9.59 Å². The molecular weight excluding hydrogens is 292 g/mol. The fraction of sp³-hybridized carbons (Fsp3) is 0.182. The third-order valence-corrected chi connectivity index (χ3v) is 3.46. The van der Waals surface area contributed by atoms with Gasteiger partial charge >= 0.3 is 5.97 Å². The molecule has 0 aromatic carbocycles. The van der Waals surface area contributed by atoms with E-state index in [1.54, 1.807) is 0 Å². The van der Waals surface area contributed by atoms with Crippen LogP contribution in [0.3, 0.4) is 0 Å². The van der Waals surface area contributed by atoms with Crippen LogP contribution in [0.5, 0.6) is 0 Å². The molecule has 2 aromatic rings. The number of nitrogens with one attached hydrogen (secondary N) is 1. The molecule has 0 saturated heterocycles. The van der Waals surface area contributed by atoms with Crippen LogP contribution in [0.25, 0.3) is 0 Å². The van der Waals surface area contributed by atoms with E-state index in [1.165, 1.54) is 29.0 Å². The second-order valence-corrected chi connectivity index (χ2v) is 4.83. The molecule has 6 nitrogen and oxygen atoms in total. The minimum atomic E-state index is -1.06. The normalized spacial score (nSPS) is 10.4. The SMILES string of the molecule is O=C(O)c1csc(CCNC(=O)c2ccoc2Cl)n1. The second-order valence-electron chi connectivity index (χ2n) is 3.55. The molecule has 0 atom stereocenters. The number of carboxylic acid groups (broad SMARTS) is 1. The molecule has 1 amide bonds. The maximum absolute atomic E-state index is 11.7. The van der Waals surface area contributed by atoms with Gasteiger partial charge in [0.1, 0.15) is 0 Å². The number of aromatic nitrogens is 1. The lowest BCUT2D eigenvalue weighted by Crippen LogP contribution is -2.25. The van der Waals surface area contributed by atoms with Crippen molar-refractivity contribution >= 4 is 34.8 Å².